The quantitative estimate of drug-likeness (QED) is 0.840. The first-order valence-electron chi connectivity index (χ1n) is 7.39. The Morgan fingerprint density at radius 1 is 1.05 bits per heavy atom. The van der Waals surface area contributed by atoms with E-state index in [1.54, 1.807) is 0 Å². The molecule has 0 saturated carbocycles. The van der Waals surface area contributed by atoms with Crippen LogP contribution < -0.4 is 10.6 Å². The number of aryl methyl sites for hydroxylation is 1. The standard InChI is InChI=1S/C15H23N5/c1-19-14-5-3-2-4-13(14)18-15(19)12-20-10-8-16-6-7-17-9-11-20/h2-5,16-17H,6-12H2,1H3. The molecule has 1 aromatic heterocycles. The van der Waals surface area contributed by atoms with Crippen molar-refractivity contribution in [1.82, 2.24) is 25.1 Å². The molecule has 108 valence electrons. The molecule has 3 rings (SSSR count). The summed E-state index contributed by atoms with van der Waals surface area (Å²) in [6.07, 6.45) is 0. The lowest BCUT2D eigenvalue weighted by Crippen LogP contribution is -2.34. The molecular weight excluding hydrogens is 250 g/mol. The summed E-state index contributed by atoms with van der Waals surface area (Å²) in [7, 11) is 2.11. The molecule has 2 aromatic rings. The van der Waals surface area contributed by atoms with E-state index in [1.165, 1.54) is 5.52 Å². The fourth-order valence-corrected chi connectivity index (χ4v) is 2.71. The molecule has 5 heteroatoms. The van der Waals surface area contributed by atoms with Crippen molar-refractivity contribution in [2.24, 2.45) is 7.05 Å². The van der Waals surface area contributed by atoms with Gasteiger partial charge < -0.3 is 15.2 Å². The first-order chi connectivity index (χ1) is 9.84. The molecule has 5 nitrogen and oxygen atoms in total. The Bertz CT molecular complexity index is 552. The molecule has 2 heterocycles. The van der Waals surface area contributed by atoms with Gasteiger partial charge in [0.15, 0.2) is 0 Å². The van der Waals surface area contributed by atoms with E-state index in [0.29, 0.717) is 0 Å². The van der Waals surface area contributed by atoms with Crippen molar-refractivity contribution in [3.05, 3.63) is 30.1 Å². The van der Waals surface area contributed by atoms with Gasteiger partial charge in [0.25, 0.3) is 0 Å². The largest absolute Gasteiger partial charge is 0.330 e. The summed E-state index contributed by atoms with van der Waals surface area (Å²) in [5.41, 5.74) is 2.30. The van der Waals surface area contributed by atoms with Gasteiger partial charge in [-0.25, -0.2) is 4.98 Å². The first-order valence-corrected chi connectivity index (χ1v) is 7.39. The van der Waals surface area contributed by atoms with Crippen molar-refractivity contribution in [2.75, 3.05) is 39.3 Å². The summed E-state index contributed by atoms with van der Waals surface area (Å²) in [6, 6.07) is 8.34. The Labute approximate surface area is 120 Å². The fourth-order valence-electron chi connectivity index (χ4n) is 2.71. The average molecular weight is 273 g/mol. The van der Waals surface area contributed by atoms with Crippen LogP contribution in [0.5, 0.6) is 0 Å². The summed E-state index contributed by atoms with van der Waals surface area (Å²) in [6.45, 7) is 7.27. The highest BCUT2D eigenvalue weighted by Gasteiger charge is 2.12. The number of fused-ring (bicyclic) bond motifs is 1. The van der Waals surface area contributed by atoms with Gasteiger partial charge in [-0.2, -0.15) is 0 Å². The van der Waals surface area contributed by atoms with Crippen molar-refractivity contribution in [1.29, 1.82) is 0 Å². The van der Waals surface area contributed by atoms with Crippen LogP contribution in [0.4, 0.5) is 0 Å². The predicted octanol–water partition coefficient (Wildman–Crippen LogP) is 0.568. The number of para-hydroxylation sites is 2. The highest BCUT2D eigenvalue weighted by Crippen LogP contribution is 2.15. The minimum Gasteiger partial charge on any atom is -0.330 e. The van der Waals surface area contributed by atoms with E-state index >= 15 is 0 Å². The van der Waals surface area contributed by atoms with Gasteiger partial charge in [-0.1, -0.05) is 12.1 Å². The third-order valence-corrected chi connectivity index (χ3v) is 3.93. The molecule has 0 aliphatic carbocycles. The smallest absolute Gasteiger partial charge is 0.123 e. The van der Waals surface area contributed by atoms with E-state index in [0.717, 1.165) is 57.2 Å². The highest BCUT2D eigenvalue weighted by atomic mass is 15.2. The predicted molar refractivity (Wildman–Crippen MR) is 81.7 cm³/mol. The SMILES string of the molecule is Cn1c(CN2CCNCCNCC2)nc2ccccc21. The topological polar surface area (TPSA) is 45.1 Å². The summed E-state index contributed by atoms with van der Waals surface area (Å²) in [5.74, 6) is 1.14. The molecule has 20 heavy (non-hydrogen) atoms. The van der Waals surface area contributed by atoms with Crippen molar-refractivity contribution in [2.45, 2.75) is 6.54 Å². The Morgan fingerprint density at radius 3 is 2.45 bits per heavy atom. The first kappa shape index (κ1) is 13.5. The van der Waals surface area contributed by atoms with Crippen LogP contribution in [0.25, 0.3) is 11.0 Å². The normalized spacial score (nSPS) is 18.6. The molecule has 0 spiro atoms. The van der Waals surface area contributed by atoms with Crippen molar-refractivity contribution >= 4 is 11.0 Å². The summed E-state index contributed by atoms with van der Waals surface area (Å²) < 4.78 is 2.21. The molecular formula is C15H23N5. The Kier molecular flexibility index (Phi) is 4.30. The number of aromatic nitrogens is 2. The van der Waals surface area contributed by atoms with Crippen LogP contribution in [0, 0.1) is 0 Å². The fraction of sp³-hybridized carbons (Fsp3) is 0.533. The van der Waals surface area contributed by atoms with Crippen molar-refractivity contribution < 1.29 is 0 Å². The van der Waals surface area contributed by atoms with Gasteiger partial charge in [-0.3, -0.25) is 4.90 Å². The van der Waals surface area contributed by atoms with Crippen LogP contribution in [0.15, 0.2) is 24.3 Å². The molecule has 2 N–H and O–H groups in total. The minimum absolute atomic E-state index is 0.911. The third kappa shape index (κ3) is 3.00. The molecule has 1 saturated heterocycles. The highest BCUT2D eigenvalue weighted by molar-refractivity contribution is 5.75. The van der Waals surface area contributed by atoms with Gasteiger partial charge in [-0.15, -0.1) is 0 Å². The van der Waals surface area contributed by atoms with Gasteiger partial charge in [0, 0.05) is 46.3 Å². The second-order valence-corrected chi connectivity index (χ2v) is 5.35. The molecule has 0 unspecified atom stereocenters. The van der Waals surface area contributed by atoms with Crippen LogP contribution in [0.1, 0.15) is 5.82 Å². The van der Waals surface area contributed by atoms with Gasteiger partial charge in [0.05, 0.1) is 17.6 Å². The van der Waals surface area contributed by atoms with Gasteiger partial charge in [-0.05, 0) is 12.1 Å². The Morgan fingerprint density at radius 2 is 1.75 bits per heavy atom. The number of benzene rings is 1. The van der Waals surface area contributed by atoms with E-state index in [9.17, 15) is 0 Å². The number of rotatable bonds is 2. The number of hydrogen-bond donors (Lipinski definition) is 2. The summed E-state index contributed by atoms with van der Waals surface area (Å²) in [5, 5.41) is 6.91. The maximum atomic E-state index is 4.76. The third-order valence-electron chi connectivity index (χ3n) is 3.93. The van der Waals surface area contributed by atoms with E-state index in [1.807, 2.05) is 6.07 Å². The second-order valence-electron chi connectivity index (χ2n) is 5.35. The van der Waals surface area contributed by atoms with Crippen molar-refractivity contribution in [3.63, 3.8) is 0 Å². The Balaban J connectivity index is 1.75. The number of nitrogens with zero attached hydrogens (tertiary/aromatic N) is 3. The summed E-state index contributed by atoms with van der Waals surface area (Å²) >= 11 is 0. The maximum absolute atomic E-state index is 4.76. The zero-order valence-electron chi connectivity index (χ0n) is 12.1. The van der Waals surface area contributed by atoms with Crippen LogP contribution >= 0.6 is 0 Å². The molecule has 1 aliphatic rings. The van der Waals surface area contributed by atoms with Crippen molar-refractivity contribution in [3.8, 4) is 0 Å². The number of imidazole rings is 1. The van der Waals surface area contributed by atoms with Crippen LogP contribution in [-0.4, -0.2) is 53.7 Å². The van der Waals surface area contributed by atoms with Crippen LogP contribution in [-0.2, 0) is 13.6 Å². The van der Waals surface area contributed by atoms with E-state index in [-0.39, 0.29) is 0 Å². The summed E-state index contributed by atoms with van der Waals surface area (Å²) in [4.78, 5) is 7.23. The van der Waals surface area contributed by atoms with Gasteiger partial charge in [0.1, 0.15) is 5.82 Å². The molecule has 1 aromatic carbocycles. The molecule has 1 aliphatic heterocycles. The molecule has 0 bridgehead atoms. The minimum atomic E-state index is 0.911. The lowest BCUT2D eigenvalue weighted by atomic mass is 10.3. The number of hydrogen-bond acceptors (Lipinski definition) is 4. The Hall–Kier alpha value is -1.43. The van der Waals surface area contributed by atoms with Gasteiger partial charge in [0.2, 0.25) is 0 Å². The molecule has 1 fully saturated rings. The van der Waals surface area contributed by atoms with E-state index in [2.05, 4.69) is 45.3 Å². The molecule has 0 atom stereocenters. The molecule has 0 amide bonds. The monoisotopic (exact) mass is 273 g/mol. The molecule has 0 radical (unpaired) electrons. The second kappa shape index (κ2) is 6.35. The van der Waals surface area contributed by atoms with Crippen LogP contribution in [0.2, 0.25) is 0 Å². The zero-order chi connectivity index (χ0) is 13.8. The average Bonchev–Trinajstić information content (AvgIpc) is 2.84. The van der Waals surface area contributed by atoms with Gasteiger partial charge >= 0.3 is 0 Å². The zero-order valence-corrected chi connectivity index (χ0v) is 12.1. The lowest BCUT2D eigenvalue weighted by molar-refractivity contribution is 0.264. The number of nitrogens with one attached hydrogen (secondary N) is 2. The lowest BCUT2D eigenvalue weighted by Gasteiger charge is -2.21. The van der Waals surface area contributed by atoms with E-state index in [4.69, 9.17) is 4.98 Å². The maximum Gasteiger partial charge on any atom is 0.123 e. The van der Waals surface area contributed by atoms with E-state index < -0.39 is 0 Å². The van der Waals surface area contributed by atoms with Crippen LogP contribution in [0.3, 0.4) is 0 Å².